The predicted octanol–water partition coefficient (Wildman–Crippen LogP) is 0.854. The van der Waals surface area contributed by atoms with Gasteiger partial charge in [-0.25, -0.2) is 4.39 Å². The fourth-order valence-corrected chi connectivity index (χ4v) is 1.64. The summed E-state index contributed by atoms with van der Waals surface area (Å²) < 4.78 is 13.9. The molecule has 0 spiro atoms. The highest BCUT2D eigenvalue weighted by Crippen LogP contribution is 2.25. The molecule has 0 aromatic carbocycles. The van der Waals surface area contributed by atoms with Crippen molar-refractivity contribution >= 4 is 13.7 Å². The van der Waals surface area contributed by atoms with Gasteiger partial charge in [0.15, 0.2) is 5.81 Å². The zero-order valence-corrected chi connectivity index (χ0v) is 8.11. The molecular weight excluding hydrogens is 186 g/mol. The molecule has 1 fully saturated rings. The van der Waals surface area contributed by atoms with Gasteiger partial charge in [-0.2, -0.15) is 0 Å². The number of alkyl halides is 1. The van der Waals surface area contributed by atoms with Crippen LogP contribution in [0.2, 0.25) is 0 Å². The van der Waals surface area contributed by atoms with Crippen molar-refractivity contribution in [2.75, 3.05) is 19.6 Å². The number of rotatable bonds is 2. The normalized spacial score (nSPS) is 26.8. The molecule has 14 heavy (non-hydrogen) atoms. The van der Waals surface area contributed by atoms with Crippen molar-refractivity contribution in [2.24, 2.45) is 5.11 Å². The molecule has 7 heteroatoms. The second-order valence-electron chi connectivity index (χ2n) is 3.58. The van der Waals surface area contributed by atoms with E-state index in [0.717, 1.165) is 0 Å². The number of halogens is 1. The molecule has 0 radical (unpaired) electrons. The molecule has 76 valence electrons. The van der Waals surface area contributed by atoms with Gasteiger partial charge in [0.25, 0.3) is 0 Å². The van der Waals surface area contributed by atoms with Crippen molar-refractivity contribution in [3.8, 4) is 0 Å². The second-order valence-corrected chi connectivity index (χ2v) is 3.58. The summed E-state index contributed by atoms with van der Waals surface area (Å²) in [7, 11) is 1.42. The van der Waals surface area contributed by atoms with Gasteiger partial charge in [0.2, 0.25) is 7.85 Å². The van der Waals surface area contributed by atoms with E-state index >= 15 is 0 Å². The molecule has 1 rings (SSSR count). The molecule has 1 aliphatic heterocycles. The van der Waals surface area contributed by atoms with Crippen molar-refractivity contribution < 1.29 is 9.18 Å². The molecule has 1 saturated heterocycles. The van der Waals surface area contributed by atoms with E-state index in [1.807, 2.05) is 0 Å². The van der Waals surface area contributed by atoms with Gasteiger partial charge in [0.05, 0.1) is 13.1 Å². The molecule has 0 aliphatic carbocycles. The smallest absolute Gasteiger partial charge is 0.215 e. The molecule has 5 nitrogen and oxygen atoms in total. The zero-order chi connectivity index (χ0) is 10.6. The van der Waals surface area contributed by atoms with Crippen LogP contribution >= 0.6 is 0 Å². The van der Waals surface area contributed by atoms with E-state index in [1.165, 1.54) is 12.7 Å². The van der Waals surface area contributed by atoms with Crippen LogP contribution in [-0.2, 0) is 0 Å². The molecular formula is C7H12BFN4O. The molecule has 0 aromatic heterocycles. The molecule has 0 saturated carbocycles. The van der Waals surface area contributed by atoms with Gasteiger partial charge in [0, 0.05) is 11.5 Å². The lowest BCUT2D eigenvalue weighted by Gasteiger charge is -2.36. The summed E-state index contributed by atoms with van der Waals surface area (Å²) >= 11 is 0. The number of likely N-dealkylation sites (tertiary alicyclic amines) is 1. The van der Waals surface area contributed by atoms with Gasteiger partial charge in [0.1, 0.15) is 5.67 Å². The number of azide groups is 1. The second kappa shape index (κ2) is 4.33. The highest BCUT2D eigenvalue weighted by molar-refractivity contribution is 6.56. The highest BCUT2D eigenvalue weighted by atomic mass is 19.1. The summed E-state index contributed by atoms with van der Waals surface area (Å²) in [5, 5.41) is 3.23. The van der Waals surface area contributed by atoms with E-state index < -0.39 is 5.67 Å². The Labute approximate surface area is 82.3 Å². The molecule has 1 atom stereocenters. The summed E-state index contributed by atoms with van der Waals surface area (Å²) in [5.41, 5.74) is 6.57. The number of amides is 1. The topological polar surface area (TPSA) is 69.1 Å². The van der Waals surface area contributed by atoms with Crippen molar-refractivity contribution in [1.29, 1.82) is 0 Å². The monoisotopic (exact) mass is 198 g/mol. The van der Waals surface area contributed by atoms with Crippen LogP contribution < -0.4 is 0 Å². The third-order valence-corrected chi connectivity index (χ3v) is 2.39. The summed E-state index contributed by atoms with van der Waals surface area (Å²) in [6.45, 7) is 0.450. The summed E-state index contributed by atoms with van der Waals surface area (Å²) in [6.07, 6.45) is 0.979. The Hall–Kier alpha value is -1.23. The number of hydrogen-bond acceptors (Lipinski definition) is 2. The lowest BCUT2D eigenvalue weighted by atomic mass is 9.93. The molecule has 0 unspecified atom stereocenters. The van der Waals surface area contributed by atoms with Crippen LogP contribution in [0, 0.1) is 0 Å². The highest BCUT2D eigenvalue weighted by Gasteiger charge is 2.35. The number of carbonyl (C=O) groups excluding carboxylic acids is 1. The van der Waals surface area contributed by atoms with Gasteiger partial charge in [-0.05, 0) is 18.4 Å². The standard InChI is InChI=1S/C7H12BFN4O/c8-6(14)13-3-1-2-7(9,5-13)4-11-12-10/h1-5,8H2/t7-/m1/s1. The lowest BCUT2D eigenvalue weighted by Crippen LogP contribution is -2.49. The molecule has 0 N–H and O–H groups in total. The van der Waals surface area contributed by atoms with E-state index in [9.17, 15) is 9.18 Å². The van der Waals surface area contributed by atoms with Crippen LogP contribution in [0.25, 0.3) is 10.4 Å². The maximum Gasteiger partial charge on any atom is 0.215 e. The first-order valence-electron chi connectivity index (χ1n) is 4.53. The molecule has 1 heterocycles. The Kier molecular flexibility index (Phi) is 3.35. The summed E-state index contributed by atoms with van der Waals surface area (Å²) in [6, 6.07) is 0. The van der Waals surface area contributed by atoms with Gasteiger partial charge in [-0.3, -0.25) is 4.79 Å². The first-order chi connectivity index (χ1) is 6.57. The van der Waals surface area contributed by atoms with Crippen LogP contribution in [-0.4, -0.2) is 43.9 Å². The van der Waals surface area contributed by atoms with E-state index in [-0.39, 0.29) is 18.9 Å². The maximum absolute atomic E-state index is 13.9. The maximum atomic E-state index is 13.9. The van der Waals surface area contributed by atoms with Gasteiger partial charge in [-0.1, -0.05) is 5.11 Å². The fourth-order valence-electron chi connectivity index (χ4n) is 1.64. The summed E-state index contributed by atoms with van der Waals surface area (Å²) in [5.74, 6) is -0.132. The molecule has 0 aromatic rings. The van der Waals surface area contributed by atoms with Gasteiger partial charge >= 0.3 is 0 Å². The molecule has 1 amide bonds. The van der Waals surface area contributed by atoms with Crippen molar-refractivity contribution in [3.63, 3.8) is 0 Å². The Morgan fingerprint density at radius 3 is 3.07 bits per heavy atom. The van der Waals surface area contributed by atoms with Crippen molar-refractivity contribution in [3.05, 3.63) is 10.4 Å². The third-order valence-electron chi connectivity index (χ3n) is 2.39. The number of piperidine rings is 1. The largest absolute Gasteiger partial charge is 0.349 e. The minimum Gasteiger partial charge on any atom is -0.349 e. The first-order valence-corrected chi connectivity index (χ1v) is 4.53. The first kappa shape index (κ1) is 10.9. The van der Waals surface area contributed by atoms with Crippen molar-refractivity contribution in [2.45, 2.75) is 18.5 Å². The van der Waals surface area contributed by atoms with E-state index in [1.54, 1.807) is 0 Å². The third kappa shape index (κ3) is 2.63. The van der Waals surface area contributed by atoms with Crippen LogP contribution in [0.5, 0.6) is 0 Å². The van der Waals surface area contributed by atoms with Crippen molar-refractivity contribution in [1.82, 2.24) is 4.90 Å². The van der Waals surface area contributed by atoms with Crippen LogP contribution in [0.1, 0.15) is 12.8 Å². The van der Waals surface area contributed by atoms with Crippen LogP contribution in [0.15, 0.2) is 5.11 Å². The number of carbonyl (C=O) groups is 1. The lowest BCUT2D eigenvalue weighted by molar-refractivity contribution is 0.0750. The predicted molar refractivity (Wildman–Crippen MR) is 52.6 cm³/mol. The van der Waals surface area contributed by atoms with Gasteiger partial charge < -0.3 is 4.90 Å². The minimum absolute atomic E-state index is 0.0430. The van der Waals surface area contributed by atoms with E-state index in [2.05, 4.69) is 10.0 Å². The van der Waals surface area contributed by atoms with Crippen LogP contribution in [0.3, 0.4) is 0 Å². The average molecular weight is 198 g/mol. The Morgan fingerprint density at radius 2 is 2.50 bits per heavy atom. The zero-order valence-electron chi connectivity index (χ0n) is 8.11. The molecule has 0 bridgehead atoms. The minimum atomic E-state index is -1.53. The number of hydrogen-bond donors (Lipinski definition) is 0. The molecule has 1 aliphatic rings. The average Bonchev–Trinajstić information content (AvgIpc) is 2.15. The van der Waals surface area contributed by atoms with Crippen LogP contribution in [0.4, 0.5) is 9.18 Å². The SMILES string of the molecule is BC(=O)N1CCC[C@@](F)(CN=[N+]=[N-])C1. The Morgan fingerprint density at radius 1 is 1.79 bits per heavy atom. The van der Waals surface area contributed by atoms with E-state index in [4.69, 9.17) is 5.53 Å². The van der Waals surface area contributed by atoms with E-state index in [0.29, 0.717) is 19.4 Å². The van der Waals surface area contributed by atoms with Gasteiger partial charge in [-0.15, -0.1) is 0 Å². The summed E-state index contributed by atoms with van der Waals surface area (Å²) in [4.78, 5) is 15.0. The Balaban J connectivity index is 2.61. The quantitative estimate of drug-likeness (QED) is 0.280. The Bertz CT molecular complexity index is 281. The fraction of sp³-hybridized carbons (Fsp3) is 0.857. The number of nitrogens with zero attached hydrogens (tertiary/aromatic N) is 4.